The number of likely N-dealkylation sites (tertiary alicyclic amines) is 1. The van der Waals surface area contributed by atoms with E-state index in [1.165, 1.54) is 34.7 Å². The topological polar surface area (TPSA) is 114 Å². The number of rotatable bonds is 6. The highest BCUT2D eigenvalue weighted by atomic mass is 32.1. The van der Waals surface area contributed by atoms with Crippen molar-refractivity contribution < 1.29 is 33.7 Å². The molecule has 198 valence electrons. The van der Waals surface area contributed by atoms with E-state index in [4.69, 9.17) is 19.3 Å². The van der Waals surface area contributed by atoms with Crippen molar-refractivity contribution in [3.05, 3.63) is 44.8 Å². The number of amides is 3. The van der Waals surface area contributed by atoms with E-state index in [9.17, 15) is 14.4 Å². The molecule has 2 aliphatic heterocycles. The van der Waals surface area contributed by atoms with Crippen LogP contribution >= 0.6 is 22.7 Å². The fourth-order valence-electron chi connectivity index (χ4n) is 4.14. The van der Waals surface area contributed by atoms with Gasteiger partial charge >= 0.3 is 6.09 Å². The van der Waals surface area contributed by atoms with Gasteiger partial charge in [0.05, 0.1) is 6.04 Å². The molecule has 0 bridgehead atoms. The van der Waals surface area contributed by atoms with Gasteiger partial charge in [-0.05, 0) is 62.4 Å². The molecular weight excluding hydrogens is 504 g/mol. The van der Waals surface area contributed by atoms with E-state index >= 15 is 0 Å². The number of thiophene rings is 2. The molecule has 0 spiro atoms. The Balaban J connectivity index is 0.000000251. The van der Waals surface area contributed by atoms with E-state index in [0.717, 1.165) is 35.4 Å². The van der Waals surface area contributed by atoms with Crippen molar-refractivity contribution in [1.29, 1.82) is 0 Å². The van der Waals surface area contributed by atoms with Gasteiger partial charge in [0.15, 0.2) is 18.0 Å². The molecule has 2 saturated heterocycles. The third-order valence-electron chi connectivity index (χ3n) is 6.28. The number of carbonyl (C=O) groups is 3. The normalized spacial score (nSPS) is 25.6. The first kappa shape index (κ1) is 28.3. The Bertz CT molecular complexity index is 1020. The van der Waals surface area contributed by atoms with Crippen molar-refractivity contribution in [2.24, 2.45) is 0 Å². The summed E-state index contributed by atoms with van der Waals surface area (Å²) in [6.45, 7) is 3.48. The quantitative estimate of drug-likeness (QED) is 0.414. The van der Waals surface area contributed by atoms with Crippen LogP contribution in [0.4, 0.5) is 4.79 Å². The summed E-state index contributed by atoms with van der Waals surface area (Å²) in [6, 6.07) is 6.97. The fourth-order valence-corrected chi connectivity index (χ4v) is 5.79. The highest BCUT2D eigenvalue weighted by Gasteiger charge is 2.56. The zero-order chi connectivity index (χ0) is 25.2. The molecule has 0 aromatic carbocycles. The molecule has 1 aliphatic carbocycles. The summed E-state index contributed by atoms with van der Waals surface area (Å²) in [5, 5.41) is 15.6. The maximum absolute atomic E-state index is 12.5. The predicted molar refractivity (Wildman–Crippen MR) is 137 cm³/mol. The smallest absolute Gasteiger partial charge is 0.417 e. The van der Waals surface area contributed by atoms with Crippen LogP contribution in [0.3, 0.4) is 0 Å². The summed E-state index contributed by atoms with van der Waals surface area (Å²) in [4.78, 5) is 38.7. The second-order valence-corrected chi connectivity index (χ2v) is 11.0. The third-order valence-corrected chi connectivity index (χ3v) is 8.18. The van der Waals surface area contributed by atoms with Crippen molar-refractivity contribution >= 4 is 40.6 Å². The number of hydrogen-bond acceptors (Lipinski definition) is 9. The lowest BCUT2D eigenvalue weighted by atomic mass is 9.96. The number of nitrogens with zero attached hydrogens (tertiary/aromatic N) is 1. The molecule has 0 unspecified atom stereocenters. The Morgan fingerprint density at radius 1 is 1.11 bits per heavy atom. The molecule has 0 radical (unpaired) electrons. The minimum absolute atomic E-state index is 0. The predicted octanol–water partition coefficient (Wildman–Crippen LogP) is 4.39. The number of aliphatic hydroxyl groups excluding tert-OH is 1. The number of methoxy groups -OCH3 is 1. The molecule has 3 fully saturated rings. The zero-order valence-corrected chi connectivity index (χ0v) is 21.5. The van der Waals surface area contributed by atoms with Crippen molar-refractivity contribution in [3.8, 4) is 0 Å². The van der Waals surface area contributed by atoms with Crippen molar-refractivity contribution in [2.75, 3.05) is 7.11 Å². The van der Waals surface area contributed by atoms with Gasteiger partial charge in [0.2, 0.25) is 0 Å². The molecule has 2 aromatic heterocycles. The highest BCUT2D eigenvalue weighted by Crippen LogP contribution is 2.42. The van der Waals surface area contributed by atoms with Gasteiger partial charge in [0.25, 0.3) is 11.8 Å². The monoisotopic (exact) mass is 538 g/mol. The lowest BCUT2D eigenvalue weighted by Crippen LogP contribution is -2.63. The molecule has 4 heterocycles. The molecule has 2 N–H and O–H groups in total. The van der Waals surface area contributed by atoms with Crippen LogP contribution in [0.5, 0.6) is 0 Å². The van der Waals surface area contributed by atoms with Crippen LogP contribution in [0.2, 0.25) is 0 Å². The SMILES string of the molecule is C.COC(C)(C)O[C@H]1C(=O)N(C(=O)OC2CCCC2)[C@H]1c1cccs1.O=C1N[C@@H](c2cccs2)[C@H]1O. The van der Waals surface area contributed by atoms with Crippen LogP contribution in [0.15, 0.2) is 35.0 Å². The Labute approximate surface area is 219 Å². The van der Waals surface area contributed by atoms with Crippen molar-refractivity contribution in [2.45, 2.75) is 83.1 Å². The first-order chi connectivity index (χ1) is 16.7. The Hall–Kier alpha value is -2.31. The lowest BCUT2D eigenvalue weighted by molar-refractivity contribution is -0.251. The molecule has 1 saturated carbocycles. The molecule has 3 amide bonds. The lowest BCUT2D eigenvalue weighted by Gasteiger charge is -2.46. The summed E-state index contributed by atoms with van der Waals surface area (Å²) in [7, 11) is 1.52. The number of β-lactam (4-membered cyclic amide) rings is 2. The van der Waals surface area contributed by atoms with E-state index in [0.29, 0.717) is 0 Å². The average molecular weight is 539 g/mol. The van der Waals surface area contributed by atoms with Crippen molar-refractivity contribution in [1.82, 2.24) is 10.2 Å². The van der Waals surface area contributed by atoms with E-state index in [1.54, 1.807) is 13.8 Å². The minimum atomic E-state index is -0.905. The van der Waals surface area contributed by atoms with E-state index in [1.807, 2.05) is 35.0 Å². The van der Waals surface area contributed by atoms with Crippen LogP contribution in [0, 0.1) is 0 Å². The first-order valence-corrected chi connectivity index (χ1v) is 13.3. The van der Waals surface area contributed by atoms with Crippen molar-refractivity contribution in [3.63, 3.8) is 0 Å². The molecule has 36 heavy (non-hydrogen) atoms. The molecule has 4 atom stereocenters. The second-order valence-electron chi connectivity index (χ2n) is 9.05. The molecule has 2 aromatic rings. The number of carbonyl (C=O) groups excluding carboxylic acids is 3. The second kappa shape index (κ2) is 11.8. The number of ether oxygens (including phenoxy) is 3. The third kappa shape index (κ3) is 5.97. The van der Waals surface area contributed by atoms with E-state index in [-0.39, 0.29) is 31.4 Å². The standard InChI is InChI=1S/C17H23NO5S.C7H7NO2S.CH4/c1-17(2,21-3)23-14-13(12-9-6-10-24-12)18(15(14)19)16(20)22-11-7-4-5-8-11;9-6-5(8-7(6)10)4-2-1-3-11-4;/h6,9-11,13-14H,4-5,7-8H2,1-3H3;1-3,5-6,9H,(H,8,10);1H4/t13-,14+;5-,6+;/m00./s1. The van der Waals surface area contributed by atoms with Gasteiger partial charge in [-0.3, -0.25) is 9.59 Å². The largest absolute Gasteiger partial charge is 0.446 e. The van der Waals surface area contributed by atoms with Crippen LogP contribution < -0.4 is 5.32 Å². The number of imide groups is 1. The number of aliphatic hydroxyl groups is 1. The minimum Gasteiger partial charge on any atom is -0.446 e. The van der Waals surface area contributed by atoms with Crippen LogP contribution in [-0.4, -0.2) is 59.1 Å². The Morgan fingerprint density at radius 2 is 1.72 bits per heavy atom. The van der Waals surface area contributed by atoms with Gasteiger partial charge in [-0.25, -0.2) is 9.69 Å². The van der Waals surface area contributed by atoms with Gasteiger partial charge in [-0.1, -0.05) is 19.6 Å². The Kier molecular flexibility index (Phi) is 9.28. The maximum atomic E-state index is 12.5. The first-order valence-electron chi connectivity index (χ1n) is 11.5. The van der Waals surface area contributed by atoms with Crippen LogP contribution in [0.1, 0.15) is 68.8 Å². The molecule has 3 aliphatic rings. The fraction of sp³-hybridized carbons (Fsp3) is 0.560. The average Bonchev–Trinajstić information content (AvgIpc) is 3.63. The molecular formula is C25H34N2O7S2. The van der Waals surface area contributed by atoms with E-state index < -0.39 is 30.1 Å². The van der Waals surface area contributed by atoms with Gasteiger partial charge < -0.3 is 24.6 Å². The van der Waals surface area contributed by atoms with Gasteiger partial charge in [0.1, 0.15) is 12.1 Å². The van der Waals surface area contributed by atoms with Gasteiger partial charge in [-0.2, -0.15) is 0 Å². The molecule has 9 nitrogen and oxygen atoms in total. The summed E-state index contributed by atoms with van der Waals surface area (Å²) < 4.78 is 16.6. The van der Waals surface area contributed by atoms with Crippen LogP contribution in [0.25, 0.3) is 0 Å². The summed E-state index contributed by atoms with van der Waals surface area (Å²) in [5.74, 6) is -1.55. The summed E-state index contributed by atoms with van der Waals surface area (Å²) >= 11 is 3.03. The molecule has 5 rings (SSSR count). The molecule has 11 heteroatoms. The Morgan fingerprint density at radius 3 is 2.22 bits per heavy atom. The highest BCUT2D eigenvalue weighted by molar-refractivity contribution is 7.10. The van der Waals surface area contributed by atoms with Gasteiger partial charge in [-0.15, -0.1) is 22.7 Å². The summed E-state index contributed by atoms with van der Waals surface area (Å²) in [5.41, 5.74) is 0. The maximum Gasteiger partial charge on any atom is 0.417 e. The number of nitrogens with one attached hydrogen (secondary N) is 1. The number of hydrogen-bond donors (Lipinski definition) is 2. The van der Waals surface area contributed by atoms with Gasteiger partial charge in [0, 0.05) is 16.9 Å². The zero-order valence-electron chi connectivity index (χ0n) is 19.8. The van der Waals surface area contributed by atoms with Crippen LogP contribution in [-0.2, 0) is 23.8 Å². The van der Waals surface area contributed by atoms with E-state index in [2.05, 4.69) is 5.32 Å². The summed E-state index contributed by atoms with van der Waals surface area (Å²) in [6.07, 6.45) is 1.64.